The molecule has 1 fully saturated rings. The Morgan fingerprint density at radius 3 is 2.74 bits per heavy atom. The second kappa shape index (κ2) is 5.57. The molecule has 0 unspecified atom stereocenters. The standard InChI is InChI=1S/C14H14BrNO3/c15-11-3-1-2-10(8-11)4-5-12(17)16-9-14(6-7-14)13(18)19/h1-5,8H,6-7,9H2,(H,16,17)(H,18,19)/b5-4+. The smallest absolute Gasteiger partial charge is 0.311 e. The number of carbonyl (C=O) groups is 2. The largest absolute Gasteiger partial charge is 0.481 e. The van der Waals surface area contributed by atoms with Gasteiger partial charge in [0.25, 0.3) is 0 Å². The number of halogens is 1. The molecule has 5 heteroatoms. The van der Waals surface area contributed by atoms with Crippen LogP contribution in [0.15, 0.2) is 34.8 Å². The minimum absolute atomic E-state index is 0.198. The number of hydrogen-bond donors (Lipinski definition) is 2. The Morgan fingerprint density at radius 2 is 2.16 bits per heavy atom. The molecule has 0 aromatic heterocycles. The number of nitrogens with one attached hydrogen (secondary N) is 1. The highest BCUT2D eigenvalue weighted by Gasteiger charge is 2.50. The molecule has 0 saturated heterocycles. The second-order valence-electron chi connectivity index (χ2n) is 4.69. The Morgan fingerprint density at radius 1 is 1.42 bits per heavy atom. The van der Waals surface area contributed by atoms with Gasteiger partial charge in [0, 0.05) is 17.1 Å². The minimum Gasteiger partial charge on any atom is -0.481 e. The number of carboxylic acid groups (broad SMARTS) is 1. The molecule has 2 rings (SSSR count). The number of amides is 1. The SMILES string of the molecule is O=C(/C=C/c1cccc(Br)c1)NCC1(C(=O)O)CC1. The van der Waals surface area contributed by atoms with Crippen LogP contribution in [0.5, 0.6) is 0 Å². The van der Waals surface area contributed by atoms with Gasteiger partial charge in [0.15, 0.2) is 0 Å². The van der Waals surface area contributed by atoms with Crippen LogP contribution in [-0.2, 0) is 9.59 Å². The summed E-state index contributed by atoms with van der Waals surface area (Å²) < 4.78 is 0.942. The zero-order valence-corrected chi connectivity index (χ0v) is 11.8. The van der Waals surface area contributed by atoms with Crippen molar-refractivity contribution in [2.45, 2.75) is 12.8 Å². The molecule has 2 N–H and O–H groups in total. The number of rotatable bonds is 5. The summed E-state index contributed by atoms with van der Waals surface area (Å²) in [6, 6.07) is 7.56. The van der Waals surface area contributed by atoms with Crippen molar-refractivity contribution in [3.05, 3.63) is 40.4 Å². The fourth-order valence-corrected chi connectivity index (χ4v) is 2.13. The number of aliphatic carboxylic acids is 1. The minimum atomic E-state index is -0.830. The number of carboxylic acids is 1. The van der Waals surface area contributed by atoms with Crippen molar-refractivity contribution in [3.8, 4) is 0 Å². The molecule has 0 heterocycles. The van der Waals surface area contributed by atoms with Gasteiger partial charge in [-0.15, -0.1) is 0 Å². The van der Waals surface area contributed by atoms with E-state index in [1.807, 2.05) is 24.3 Å². The van der Waals surface area contributed by atoms with Gasteiger partial charge in [0.05, 0.1) is 5.41 Å². The Bertz CT molecular complexity index is 535. The molecule has 1 amide bonds. The highest BCUT2D eigenvalue weighted by Crippen LogP contribution is 2.45. The molecule has 0 radical (unpaired) electrons. The molecular weight excluding hydrogens is 310 g/mol. The van der Waals surface area contributed by atoms with Crippen molar-refractivity contribution in [3.63, 3.8) is 0 Å². The van der Waals surface area contributed by atoms with E-state index in [0.717, 1.165) is 10.0 Å². The van der Waals surface area contributed by atoms with E-state index in [9.17, 15) is 9.59 Å². The van der Waals surface area contributed by atoms with Crippen LogP contribution in [0.4, 0.5) is 0 Å². The van der Waals surface area contributed by atoms with E-state index in [0.29, 0.717) is 12.8 Å². The molecule has 19 heavy (non-hydrogen) atoms. The van der Waals surface area contributed by atoms with Crippen LogP contribution in [0.3, 0.4) is 0 Å². The number of hydrogen-bond acceptors (Lipinski definition) is 2. The molecule has 1 aliphatic rings. The van der Waals surface area contributed by atoms with Crippen LogP contribution in [0.2, 0.25) is 0 Å². The third kappa shape index (κ3) is 3.67. The first-order valence-corrected chi connectivity index (χ1v) is 6.76. The lowest BCUT2D eigenvalue weighted by Gasteiger charge is -2.09. The average molecular weight is 324 g/mol. The lowest BCUT2D eigenvalue weighted by atomic mass is 10.1. The first-order valence-electron chi connectivity index (χ1n) is 5.97. The quantitative estimate of drug-likeness (QED) is 0.818. The van der Waals surface area contributed by atoms with E-state index in [4.69, 9.17) is 5.11 Å². The molecule has 1 saturated carbocycles. The Balaban J connectivity index is 1.86. The van der Waals surface area contributed by atoms with Crippen LogP contribution in [0.25, 0.3) is 6.08 Å². The van der Waals surface area contributed by atoms with Gasteiger partial charge in [0.2, 0.25) is 5.91 Å². The molecule has 0 bridgehead atoms. The molecule has 0 spiro atoms. The zero-order chi connectivity index (χ0) is 13.9. The van der Waals surface area contributed by atoms with Gasteiger partial charge in [-0.2, -0.15) is 0 Å². The molecule has 100 valence electrons. The van der Waals surface area contributed by atoms with Crippen LogP contribution in [0, 0.1) is 5.41 Å². The van der Waals surface area contributed by atoms with Gasteiger partial charge >= 0.3 is 5.97 Å². The summed E-state index contributed by atoms with van der Waals surface area (Å²) in [6.07, 6.45) is 4.38. The summed E-state index contributed by atoms with van der Waals surface area (Å²) in [7, 11) is 0. The molecule has 0 atom stereocenters. The maximum atomic E-state index is 11.6. The van der Waals surface area contributed by atoms with Gasteiger partial charge in [-0.1, -0.05) is 28.1 Å². The fourth-order valence-electron chi connectivity index (χ4n) is 1.71. The molecular formula is C14H14BrNO3. The summed E-state index contributed by atoms with van der Waals surface area (Å²) in [5.74, 6) is -1.10. The summed E-state index contributed by atoms with van der Waals surface area (Å²) in [6.45, 7) is 0.198. The van der Waals surface area contributed by atoms with E-state index < -0.39 is 11.4 Å². The van der Waals surface area contributed by atoms with Crippen LogP contribution >= 0.6 is 15.9 Å². The zero-order valence-electron chi connectivity index (χ0n) is 10.2. The van der Waals surface area contributed by atoms with Crippen molar-refractivity contribution in [2.24, 2.45) is 5.41 Å². The maximum Gasteiger partial charge on any atom is 0.311 e. The van der Waals surface area contributed by atoms with Crippen LogP contribution < -0.4 is 5.32 Å². The van der Waals surface area contributed by atoms with Gasteiger partial charge in [-0.25, -0.2) is 0 Å². The van der Waals surface area contributed by atoms with E-state index in [-0.39, 0.29) is 12.5 Å². The average Bonchev–Trinajstić information content (AvgIpc) is 3.15. The van der Waals surface area contributed by atoms with Crippen molar-refractivity contribution in [2.75, 3.05) is 6.54 Å². The van der Waals surface area contributed by atoms with E-state index in [1.54, 1.807) is 6.08 Å². The van der Waals surface area contributed by atoms with Gasteiger partial charge in [-0.05, 0) is 36.6 Å². The van der Waals surface area contributed by atoms with Crippen LogP contribution in [0.1, 0.15) is 18.4 Å². The first-order chi connectivity index (χ1) is 9.02. The third-order valence-electron chi connectivity index (χ3n) is 3.18. The van der Waals surface area contributed by atoms with Gasteiger partial charge in [-0.3, -0.25) is 9.59 Å². The topological polar surface area (TPSA) is 66.4 Å². The van der Waals surface area contributed by atoms with Crippen molar-refractivity contribution < 1.29 is 14.7 Å². The summed E-state index contributed by atoms with van der Waals surface area (Å²) in [5, 5.41) is 11.6. The molecule has 1 aromatic carbocycles. The second-order valence-corrected chi connectivity index (χ2v) is 5.61. The molecule has 1 aliphatic carbocycles. The maximum absolute atomic E-state index is 11.6. The molecule has 0 aliphatic heterocycles. The van der Waals surface area contributed by atoms with Crippen molar-refractivity contribution >= 4 is 33.9 Å². The summed E-state index contributed by atoms with van der Waals surface area (Å²) in [5.41, 5.74) is 0.183. The molecule has 1 aromatic rings. The number of carbonyl (C=O) groups excluding carboxylic acids is 1. The Labute approximate surface area is 119 Å². The van der Waals surface area contributed by atoms with E-state index in [2.05, 4.69) is 21.2 Å². The van der Waals surface area contributed by atoms with Crippen molar-refractivity contribution in [1.29, 1.82) is 0 Å². The Hall–Kier alpha value is -1.62. The summed E-state index contributed by atoms with van der Waals surface area (Å²) >= 11 is 3.35. The Kier molecular flexibility index (Phi) is 4.04. The summed E-state index contributed by atoms with van der Waals surface area (Å²) in [4.78, 5) is 22.5. The van der Waals surface area contributed by atoms with Gasteiger partial charge in [0.1, 0.15) is 0 Å². The highest BCUT2D eigenvalue weighted by atomic mass is 79.9. The van der Waals surface area contributed by atoms with E-state index in [1.165, 1.54) is 6.08 Å². The molecule has 4 nitrogen and oxygen atoms in total. The normalized spacial score (nSPS) is 16.3. The first kappa shape index (κ1) is 13.8. The van der Waals surface area contributed by atoms with Crippen molar-refractivity contribution in [1.82, 2.24) is 5.32 Å². The highest BCUT2D eigenvalue weighted by molar-refractivity contribution is 9.10. The monoisotopic (exact) mass is 323 g/mol. The van der Waals surface area contributed by atoms with Crippen LogP contribution in [-0.4, -0.2) is 23.5 Å². The lowest BCUT2D eigenvalue weighted by molar-refractivity contribution is -0.143. The van der Waals surface area contributed by atoms with Gasteiger partial charge < -0.3 is 10.4 Å². The third-order valence-corrected chi connectivity index (χ3v) is 3.68. The predicted molar refractivity (Wildman–Crippen MR) is 75.5 cm³/mol. The fraction of sp³-hybridized carbons (Fsp3) is 0.286. The number of benzene rings is 1. The van der Waals surface area contributed by atoms with E-state index >= 15 is 0 Å². The predicted octanol–water partition coefficient (Wildman–Crippen LogP) is 2.44. The lowest BCUT2D eigenvalue weighted by Crippen LogP contribution is -2.33.